The molecule has 1 saturated carbocycles. The first-order valence-corrected chi connectivity index (χ1v) is 11.7. The van der Waals surface area contributed by atoms with Crippen LogP contribution < -0.4 is 15.4 Å². The number of pyridine rings is 1. The van der Waals surface area contributed by atoms with Crippen molar-refractivity contribution in [3.63, 3.8) is 0 Å². The van der Waals surface area contributed by atoms with E-state index in [1.165, 1.54) is 0 Å². The second kappa shape index (κ2) is 8.21. The van der Waals surface area contributed by atoms with Gasteiger partial charge in [-0.05, 0) is 31.5 Å². The molecule has 0 spiro atoms. The highest BCUT2D eigenvalue weighted by Crippen LogP contribution is 2.50. The normalized spacial score (nSPS) is 19.0. The molecule has 35 heavy (non-hydrogen) atoms. The number of amides is 1. The molecule has 1 amide bonds. The third-order valence-corrected chi connectivity index (χ3v) is 6.95. The quantitative estimate of drug-likeness (QED) is 0.358. The number of aromatic amines is 1. The zero-order valence-electron chi connectivity index (χ0n) is 19.3. The van der Waals surface area contributed by atoms with Crippen LogP contribution in [0.4, 0.5) is 11.4 Å². The molecule has 10 heteroatoms. The van der Waals surface area contributed by atoms with Crippen molar-refractivity contribution in [2.45, 2.75) is 31.4 Å². The van der Waals surface area contributed by atoms with E-state index in [0.29, 0.717) is 44.6 Å². The van der Waals surface area contributed by atoms with E-state index in [4.69, 9.17) is 26.1 Å². The van der Waals surface area contributed by atoms with Crippen molar-refractivity contribution in [1.29, 1.82) is 0 Å². The molecule has 3 atom stereocenters. The fraction of sp³-hybridized carbons (Fsp3) is 0.280. The van der Waals surface area contributed by atoms with Gasteiger partial charge >= 0.3 is 0 Å². The zero-order chi connectivity index (χ0) is 24.3. The molecule has 0 saturated heterocycles. The average Bonchev–Trinajstić information content (AvgIpc) is 3.55. The zero-order valence-corrected chi connectivity index (χ0v) is 20.1. The molecule has 1 aromatic carbocycles. The lowest BCUT2D eigenvalue weighted by molar-refractivity contribution is 0.0944. The standard InChI is InChI=1S/C25H23ClN6O3/c1-11(34-2)24-28-10-17-19(32-24)12(7-8-27-17)21-22(29-15-6-4-5-14(26)23(15)35-3)18-20(31-21)13-9-16(13)30-25(18)33/h4-8,10-11,13,16,29,31H,9H2,1-3H3,(H,30,33)/t11-,13+,16-/m1/s1. The molecule has 0 radical (unpaired) electrons. The smallest absolute Gasteiger partial charge is 0.255 e. The van der Waals surface area contributed by atoms with Crippen LogP contribution in [0.15, 0.2) is 36.7 Å². The number of para-hydroxylation sites is 1. The number of rotatable bonds is 6. The van der Waals surface area contributed by atoms with Gasteiger partial charge in [-0.3, -0.25) is 9.78 Å². The number of ether oxygens (including phenoxy) is 2. The Morgan fingerprint density at radius 2 is 2.09 bits per heavy atom. The highest BCUT2D eigenvalue weighted by atomic mass is 35.5. The van der Waals surface area contributed by atoms with Gasteiger partial charge in [0, 0.05) is 36.5 Å². The lowest BCUT2D eigenvalue weighted by Crippen LogP contribution is -2.31. The van der Waals surface area contributed by atoms with E-state index in [1.807, 2.05) is 25.1 Å². The minimum absolute atomic E-state index is 0.119. The van der Waals surface area contributed by atoms with Crippen molar-refractivity contribution in [1.82, 2.24) is 25.3 Å². The van der Waals surface area contributed by atoms with Gasteiger partial charge in [0.05, 0.1) is 41.0 Å². The number of anilines is 2. The highest BCUT2D eigenvalue weighted by molar-refractivity contribution is 6.32. The molecule has 4 aromatic rings. The van der Waals surface area contributed by atoms with Gasteiger partial charge in [-0.2, -0.15) is 0 Å². The number of carbonyl (C=O) groups excluding carboxylic acids is 1. The number of nitrogens with zero attached hydrogens (tertiary/aromatic N) is 3. The molecule has 3 N–H and O–H groups in total. The summed E-state index contributed by atoms with van der Waals surface area (Å²) in [4.78, 5) is 30.4. The average molecular weight is 491 g/mol. The third kappa shape index (κ3) is 3.50. The molecule has 0 unspecified atom stereocenters. The monoisotopic (exact) mass is 490 g/mol. The van der Waals surface area contributed by atoms with Gasteiger partial charge in [0.25, 0.3) is 5.91 Å². The van der Waals surface area contributed by atoms with E-state index >= 15 is 0 Å². The van der Waals surface area contributed by atoms with E-state index < -0.39 is 0 Å². The van der Waals surface area contributed by atoms with Crippen LogP contribution in [0, 0.1) is 0 Å². The number of hydrogen-bond donors (Lipinski definition) is 3. The summed E-state index contributed by atoms with van der Waals surface area (Å²) in [6, 6.07) is 7.50. The fourth-order valence-corrected chi connectivity index (χ4v) is 4.93. The first kappa shape index (κ1) is 21.8. The van der Waals surface area contributed by atoms with Crippen molar-refractivity contribution in [3.8, 4) is 17.0 Å². The molecule has 2 aliphatic rings. The number of nitrogens with one attached hydrogen (secondary N) is 3. The van der Waals surface area contributed by atoms with Gasteiger partial charge in [-0.25, -0.2) is 9.97 Å². The highest BCUT2D eigenvalue weighted by Gasteiger charge is 2.48. The molecule has 1 aliphatic heterocycles. The van der Waals surface area contributed by atoms with Crippen LogP contribution in [0.1, 0.15) is 47.2 Å². The Morgan fingerprint density at radius 1 is 1.23 bits per heavy atom. The van der Waals surface area contributed by atoms with E-state index in [1.54, 1.807) is 32.7 Å². The second-order valence-corrected chi connectivity index (χ2v) is 9.14. The number of benzene rings is 1. The summed E-state index contributed by atoms with van der Waals surface area (Å²) in [5, 5.41) is 7.00. The molecule has 1 fully saturated rings. The number of carbonyl (C=O) groups is 1. The van der Waals surface area contributed by atoms with Gasteiger partial charge < -0.3 is 25.1 Å². The van der Waals surface area contributed by atoms with E-state index in [-0.39, 0.29) is 24.0 Å². The Labute approximate surface area is 206 Å². The first-order chi connectivity index (χ1) is 17.0. The maximum atomic E-state index is 13.2. The Bertz CT molecular complexity index is 1490. The Kier molecular flexibility index (Phi) is 5.12. The first-order valence-electron chi connectivity index (χ1n) is 11.3. The van der Waals surface area contributed by atoms with Gasteiger partial charge in [0.2, 0.25) is 0 Å². The minimum atomic E-state index is -0.282. The summed E-state index contributed by atoms with van der Waals surface area (Å²) in [6.45, 7) is 1.89. The molecule has 4 heterocycles. The van der Waals surface area contributed by atoms with Crippen molar-refractivity contribution in [2.75, 3.05) is 19.5 Å². The SMILES string of the molecule is COc1c(Cl)cccc1Nc1c(-c2ccnc3cnc([C@@H](C)OC)nc23)[nH]c2c1C(=O)N[C@@H]1C[C@H]21. The Morgan fingerprint density at radius 3 is 2.89 bits per heavy atom. The van der Waals surface area contributed by atoms with Gasteiger partial charge in [0.1, 0.15) is 17.1 Å². The van der Waals surface area contributed by atoms with Gasteiger partial charge in [0.15, 0.2) is 11.6 Å². The van der Waals surface area contributed by atoms with Crippen LogP contribution in [-0.4, -0.2) is 46.1 Å². The van der Waals surface area contributed by atoms with Gasteiger partial charge in [-0.15, -0.1) is 0 Å². The maximum Gasteiger partial charge on any atom is 0.255 e. The number of H-pyrrole nitrogens is 1. The minimum Gasteiger partial charge on any atom is -0.493 e. The molecular formula is C25H23ClN6O3. The number of halogens is 1. The molecule has 9 nitrogen and oxygen atoms in total. The summed E-state index contributed by atoms with van der Waals surface area (Å²) < 4.78 is 11.0. The molecule has 0 bridgehead atoms. The summed E-state index contributed by atoms with van der Waals surface area (Å²) in [7, 11) is 3.18. The van der Waals surface area contributed by atoms with Crippen LogP contribution in [0.25, 0.3) is 22.3 Å². The van der Waals surface area contributed by atoms with Crippen molar-refractivity contribution in [2.24, 2.45) is 0 Å². The van der Waals surface area contributed by atoms with Crippen molar-refractivity contribution >= 4 is 39.9 Å². The summed E-state index contributed by atoms with van der Waals surface area (Å²) in [5.74, 6) is 1.18. The molecule has 1 aliphatic carbocycles. The third-order valence-electron chi connectivity index (χ3n) is 6.65. The van der Waals surface area contributed by atoms with E-state index in [0.717, 1.165) is 23.4 Å². The lowest BCUT2D eigenvalue weighted by atomic mass is 10.0. The predicted molar refractivity (Wildman–Crippen MR) is 132 cm³/mol. The topological polar surface area (TPSA) is 114 Å². The van der Waals surface area contributed by atoms with Crippen molar-refractivity contribution < 1.29 is 14.3 Å². The number of fused-ring (bicyclic) bond motifs is 4. The van der Waals surface area contributed by atoms with Crippen LogP contribution >= 0.6 is 11.6 Å². The molecule has 6 rings (SSSR count). The van der Waals surface area contributed by atoms with Crippen LogP contribution in [0.5, 0.6) is 5.75 Å². The summed E-state index contributed by atoms with van der Waals surface area (Å²) >= 11 is 6.38. The Balaban J connectivity index is 1.59. The number of aromatic nitrogens is 4. The molecule has 178 valence electrons. The molecular weight excluding hydrogens is 468 g/mol. The fourth-order valence-electron chi connectivity index (χ4n) is 4.68. The van der Waals surface area contributed by atoms with Crippen molar-refractivity contribution in [3.05, 3.63) is 58.8 Å². The maximum absolute atomic E-state index is 13.2. The largest absolute Gasteiger partial charge is 0.493 e. The Hall–Kier alpha value is -3.69. The molecule has 3 aromatic heterocycles. The van der Waals surface area contributed by atoms with Crippen LogP contribution in [0.3, 0.4) is 0 Å². The van der Waals surface area contributed by atoms with Crippen LogP contribution in [0.2, 0.25) is 5.02 Å². The van der Waals surface area contributed by atoms with E-state index in [2.05, 4.69) is 25.6 Å². The number of hydrogen-bond acceptors (Lipinski definition) is 7. The van der Waals surface area contributed by atoms with E-state index in [9.17, 15) is 4.79 Å². The predicted octanol–water partition coefficient (Wildman–Crippen LogP) is 4.73. The van der Waals surface area contributed by atoms with Crippen LogP contribution in [-0.2, 0) is 4.74 Å². The second-order valence-electron chi connectivity index (χ2n) is 8.73. The summed E-state index contributed by atoms with van der Waals surface area (Å²) in [6.07, 6.45) is 4.03. The lowest BCUT2D eigenvalue weighted by Gasteiger charge is -2.17. The number of methoxy groups -OCH3 is 2. The van der Waals surface area contributed by atoms with Gasteiger partial charge in [-0.1, -0.05) is 17.7 Å². The summed E-state index contributed by atoms with van der Waals surface area (Å²) in [5.41, 5.74) is 5.63.